The van der Waals surface area contributed by atoms with E-state index in [-0.39, 0.29) is 22.4 Å². The summed E-state index contributed by atoms with van der Waals surface area (Å²) in [6, 6.07) is 4.45. The highest BCUT2D eigenvalue weighted by molar-refractivity contribution is 6.32. The molecule has 2 N–H and O–H groups in total. The Morgan fingerprint density at radius 3 is 2.52 bits per heavy atom. The number of hydrogen-bond acceptors (Lipinski definition) is 3. The van der Waals surface area contributed by atoms with Crippen LogP contribution in [0.4, 0.5) is 23.7 Å². The van der Waals surface area contributed by atoms with Crippen molar-refractivity contribution >= 4 is 34.9 Å². The van der Waals surface area contributed by atoms with Crippen molar-refractivity contribution in [1.29, 1.82) is 0 Å². The van der Waals surface area contributed by atoms with Crippen molar-refractivity contribution in [3.8, 4) is 0 Å². The van der Waals surface area contributed by atoms with Crippen LogP contribution in [0.25, 0.3) is 0 Å². The zero-order valence-electron chi connectivity index (χ0n) is 11.3. The molecule has 0 aliphatic rings. The molecule has 23 heavy (non-hydrogen) atoms. The second-order valence-corrected chi connectivity index (χ2v) is 5.01. The lowest BCUT2D eigenvalue weighted by molar-refractivity contribution is -0.141. The first kappa shape index (κ1) is 17.3. The average molecular weight is 365 g/mol. The number of alkyl halides is 3. The monoisotopic (exact) mass is 364 g/mol. The molecule has 0 unspecified atom stereocenters. The van der Waals surface area contributed by atoms with Crippen LogP contribution in [0, 0.1) is 0 Å². The van der Waals surface area contributed by atoms with E-state index in [2.05, 4.69) is 20.6 Å². The van der Waals surface area contributed by atoms with Crippen molar-refractivity contribution in [2.45, 2.75) is 12.7 Å². The van der Waals surface area contributed by atoms with Gasteiger partial charge in [0.05, 0.1) is 5.69 Å². The molecule has 2 amide bonds. The van der Waals surface area contributed by atoms with E-state index in [1.807, 2.05) is 0 Å². The molecule has 0 radical (unpaired) electrons. The van der Waals surface area contributed by atoms with Crippen LogP contribution in [0.2, 0.25) is 10.3 Å². The summed E-state index contributed by atoms with van der Waals surface area (Å²) >= 11 is 11.5. The van der Waals surface area contributed by atoms with Crippen LogP contribution >= 0.6 is 23.2 Å². The van der Waals surface area contributed by atoms with Crippen LogP contribution in [0.1, 0.15) is 11.3 Å². The summed E-state index contributed by atoms with van der Waals surface area (Å²) in [5, 5.41) is 4.65. The molecular formula is C13H9Cl2F3N4O. The summed E-state index contributed by atoms with van der Waals surface area (Å²) in [6.07, 6.45) is -3.12. The van der Waals surface area contributed by atoms with Crippen LogP contribution in [0.15, 0.2) is 30.5 Å². The fourth-order valence-electron chi connectivity index (χ4n) is 1.57. The normalized spacial score (nSPS) is 11.2. The molecule has 0 saturated carbocycles. The van der Waals surface area contributed by atoms with Gasteiger partial charge in [0.2, 0.25) is 0 Å². The molecule has 0 spiro atoms. The first-order chi connectivity index (χ1) is 10.8. The molecular weight excluding hydrogens is 356 g/mol. The standard InChI is InChI=1S/C13H9Cl2F3N4O/c14-10-7(3-4-9(22-10)13(16,17)18)6-20-12(23)21-8-2-1-5-19-11(8)15/h1-5H,6H2,(H2,20,21,23). The highest BCUT2D eigenvalue weighted by atomic mass is 35.5. The van der Waals surface area contributed by atoms with E-state index >= 15 is 0 Å². The molecule has 0 aromatic carbocycles. The zero-order chi connectivity index (χ0) is 17.0. The molecule has 0 atom stereocenters. The fraction of sp³-hybridized carbons (Fsp3) is 0.154. The van der Waals surface area contributed by atoms with Crippen LogP contribution in [0.5, 0.6) is 0 Å². The summed E-state index contributed by atoms with van der Waals surface area (Å²) in [5.74, 6) is 0. The Hall–Kier alpha value is -2.06. The number of hydrogen-bond donors (Lipinski definition) is 2. The maximum absolute atomic E-state index is 12.5. The summed E-state index contributed by atoms with van der Waals surface area (Å²) in [6.45, 7) is -0.103. The number of pyridine rings is 2. The minimum atomic E-state index is -4.58. The second-order valence-electron chi connectivity index (χ2n) is 4.29. The zero-order valence-corrected chi connectivity index (χ0v) is 12.8. The Balaban J connectivity index is 1.98. The van der Waals surface area contributed by atoms with Crippen LogP contribution in [-0.4, -0.2) is 16.0 Å². The molecule has 0 fully saturated rings. The van der Waals surface area contributed by atoms with Gasteiger partial charge < -0.3 is 10.6 Å². The van der Waals surface area contributed by atoms with Gasteiger partial charge in [-0.25, -0.2) is 14.8 Å². The minimum Gasteiger partial charge on any atom is -0.334 e. The Labute approximate surface area is 138 Å². The van der Waals surface area contributed by atoms with Gasteiger partial charge in [-0.3, -0.25) is 0 Å². The number of halogens is 5. The third-order valence-corrected chi connectivity index (χ3v) is 3.29. The van der Waals surface area contributed by atoms with E-state index in [4.69, 9.17) is 23.2 Å². The fourth-order valence-corrected chi connectivity index (χ4v) is 1.96. The smallest absolute Gasteiger partial charge is 0.334 e. The van der Waals surface area contributed by atoms with Gasteiger partial charge in [-0.05, 0) is 18.2 Å². The number of anilines is 1. The maximum atomic E-state index is 12.5. The first-order valence-corrected chi connectivity index (χ1v) is 6.91. The van der Waals surface area contributed by atoms with Crippen molar-refractivity contribution in [3.63, 3.8) is 0 Å². The third kappa shape index (κ3) is 4.70. The first-order valence-electron chi connectivity index (χ1n) is 6.15. The van der Waals surface area contributed by atoms with E-state index in [1.165, 1.54) is 6.20 Å². The summed E-state index contributed by atoms with van der Waals surface area (Å²) in [5.41, 5.74) is -0.562. The highest BCUT2D eigenvalue weighted by Gasteiger charge is 2.32. The maximum Gasteiger partial charge on any atom is 0.433 e. The van der Waals surface area contributed by atoms with Crippen LogP contribution in [0.3, 0.4) is 0 Å². The van der Waals surface area contributed by atoms with Gasteiger partial charge in [0.1, 0.15) is 10.8 Å². The van der Waals surface area contributed by atoms with Gasteiger partial charge in [0.15, 0.2) is 5.15 Å². The topological polar surface area (TPSA) is 66.9 Å². The van der Waals surface area contributed by atoms with Crippen molar-refractivity contribution in [2.75, 3.05) is 5.32 Å². The lowest BCUT2D eigenvalue weighted by Gasteiger charge is -2.11. The molecule has 10 heteroatoms. The molecule has 2 aromatic heterocycles. The summed E-state index contributed by atoms with van der Waals surface area (Å²) in [7, 11) is 0. The van der Waals surface area contributed by atoms with Crippen LogP contribution in [-0.2, 0) is 12.7 Å². The van der Waals surface area contributed by atoms with E-state index in [1.54, 1.807) is 12.1 Å². The van der Waals surface area contributed by atoms with E-state index in [9.17, 15) is 18.0 Å². The number of urea groups is 1. The van der Waals surface area contributed by atoms with Crippen LogP contribution < -0.4 is 10.6 Å². The number of aromatic nitrogens is 2. The number of nitrogens with one attached hydrogen (secondary N) is 2. The number of nitrogens with zero attached hydrogens (tertiary/aromatic N) is 2. The Morgan fingerprint density at radius 2 is 1.91 bits per heavy atom. The lowest BCUT2D eigenvalue weighted by Crippen LogP contribution is -2.28. The van der Waals surface area contributed by atoms with Gasteiger partial charge in [-0.2, -0.15) is 13.2 Å². The Morgan fingerprint density at radius 1 is 1.17 bits per heavy atom. The Bertz CT molecular complexity index is 725. The van der Waals surface area contributed by atoms with Crippen molar-refractivity contribution in [3.05, 3.63) is 52.0 Å². The quantitative estimate of drug-likeness (QED) is 0.804. The molecule has 0 aliphatic heterocycles. The average Bonchev–Trinajstić information content (AvgIpc) is 2.47. The molecule has 0 aliphatic carbocycles. The summed E-state index contributed by atoms with van der Waals surface area (Å²) in [4.78, 5) is 18.8. The van der Waals surface area contributed by atoms with Gasteiger partial charge in [-0.1, -0.05) is 29.3 Å². The molecule has 122 valence electrons. The van der Waals surface area contributed by atoms with Gasteiger partial charge in [0.25, 0.3) is 0 Å². The van der Waals surface area contributed by atoms with Crippen molar-refractivity contribution in [1.82, 2.24) is 15.3 Å². The molecule has 2 rings (SSSR count). The SMILES string of the molecule is O=C(NCc1ccc(C(F)(F)F)nc1Cl)Nc1cccnc1Cl. The predicted molar refractivity (Wildman–Crippen MR) is 79.4 cm³/mol. The largest absolute Gasteiger partial charge is 0.433 e. The van der Waals surface area contributed by atoms with Crippen molar-refractivity contribution < 1.29 is 18.0 Å². The number of rotatable bonds is 3. The van der Waals surface area contributed by atoms with Gasteiger partial charge >= 0.3 is 12.2 Å². The van der Waals surface area contributed by atoms with Gasteiger partial charge in [0, 0.05) is 18.3 Å². The van der Waals surface area contributed by atoms with E-state index in [0.29, 0.717) is 5.69 Å². The van der Waals surface area contributed by atoms with E-state index < -0.39 is 17.9 Å². The van der Waals surface area contributed by atoms with E-state index in [0.717, 1.165) is 12.1 Å². The molecule has 5 nitrogen and oxygen atoms in total. The number of amides is 2. The number of carbonyl (C=O) groups is 1. The predicted octanol–water partition coefficient (Wildman–Crippen LogP) is 4.12. The molecule has 0 saturated heterocycles. The second kappa shape index (κ2) is 7.01. The number of carbonyl (C=O) groups excluding carboxylic acids is 1. The van der Waals surface area contributed by atoms with Crippen molar-refractivity contribution in [2.24, 2.45) is 0 Å². The third-order valence-electron chi connectivity index (χ3n) is 2.66. The molecule has 2 aromatic rings. The lowest BCUT2D eigenvalue weighted by atomic mass is 10.2. The highest BCUT2D eigenvalue weighted by Crippen LogP contribution is 2.29. The molecule has 0 bridgehead atoms. The molecule has 2 heterocycles. The minimum absolute atomic E-state index is 0.103. The summed E-state index contributed by atoms with van der Waals surface area (Å²) < 4.78 is 37.4. The Kier molecular flexibility index (Phi) is 5.27. The van der Waals surface area contributed by atoms with Gasteiger partial charge in [-0.15, -0.1) is 0 Å².